The van der Waals surface area contributed by atoms with Gasteiger partial charge in [0.15, 0.2) is 0 Å². The summed E-state index contributed by atoms with van der Waals surface area (Å²) in [5.74, 6) is 1.59. The van der Waals surface area contributed by atoms with Crippen molar-refractivity contribution in [3.63, 3.8) is 0 Å². The van der Waals surface area contributed by atoms with E-state index in [1.54, 1.807) is 21.8 Å². The lowest BCUT2D eigenvalue weighted by Crippen LogP contribution is -2.69. The third kappa shape index (κ3) is 3.64. The summed E-state index contributed by atoms with van der Waals surface area (Å²) in [7, 11) is 0. The van der Waals surface area contributed by atoms with E-state index in [0.29, 0.717) is 42.7 Å². The highest BCUT2D eigenvalue weighted by molar-refractivity contribution is 6.31. The van der Waals surface area contributed by atoms with Gasteiger partial charge in [-0.05, 0) is 55.9 Å². The lowest BCUT2D eigenvalue weighted by Gasteiger charge is -2.61. The summed E-state index contributed by atoms with van der Waals surface area (Å²) >= 11 is 6.37. The predicted molar refractivity (Wildman–Crippen MR) is 127 cm³/mol. The molecular formula is C24H26ClN7O2. The maximum Gasteiger partial charge on any atom is 0.318 e. The molecule has 0 atom stereocenters. The van der Waals surface area contributed by atoms with Crippen molar-refractivity contribution in [3.05, 3.63) is 52.4 Å². The van der Waals surface area contributed by atoms with Crippen LogP contribution in [0.15, 0.2) is 30.6 Å². The molecule has 9 nitrogen and oxygen atoms in total. The minimum Gasteiger partial charge on any atom is -0.491 e. The number of carbonyl (C=O) groups is 1. The van der Waals surface area contributed by atoms with Gasteiger partial charge in [0.05, 0.1) is 31.0 Å². The molecule has 10 heteroatoms. The zero-order valence-electron chi connectivity index (χ0n) is 18.9. The Labute approximate surface area is 202 Å². The van der Waals surface area contributed by atoms with Crippen molar-refractivity contribution in [1.82, 2.24) is 30.0 Å². The van der Waals surface area contributed by atoms with Crippen LogP contribution in [0, 0.1) is 12.8 Å². The van der Waals surface area contributed by atoms with Crippen molar-refractivity contribution < 1.29 is 9.53 Å². The molecule has 0 radical (unpaired) electrons. The summed E-state index contributed by atoms with van der Waals surface area (Å²) in [6.07, 6.45) is 6.91. The van der Waals surface area contributed by atoms with Gasteiger partial charge in [-0.25, -0.2) is 14.8 Å². The van der Waals surface area contributed by atoms with Crippen LogP contribution in [-0.4, -0.2) is 42.8 Å². The van der Waals surface area contributed by atoms with Crippen molar-refractivity contribution in [3.8, 4) is 17.0 Å². The Kier molecular flexibility index (Phi) is 4.91. The summed E-state index contributed by atoms with van der Waals surface area (Å²) in [6, 6.07) is 5.49. The van der Waals surface area contributed by atoms with Crippen LogP contribution in [0.25, 0.3) is 11.3 Å². The molecule has 7 rings (SSSR count). The Morgan fingerprint density at radius 2 is 2.12 bits per heavy atom. The number of benzene rings is 1. The molecule has 3 saturated carbocycles. The molecule has 1 aliphatic heterocycles. The number of nitrogens with zero attached hydrogens (tertiary/aromatic N) is 5. The van der Waals surface area contributed by atoms with Crippen LogP contribution < -0.4 is 15.8 Å². The van der Waals surface area contributed by atoms with Gasteiger partial charge in [0.2, 0.25) is 5.95 Å². The SMILES string of the molecule is Cc1cc(Cl)cc(OCCn2cccn2)c1-c1nc(N)nc2c1CN(C(=O)NC13CC(C1)C3)C2. The molecule has 34 heavy (non-hydrogen) atoms. The lowest BCUT2D eigenvalue weighted by molar-refractivity contribution is -0.0434. The number of carbonyl (C=O) groups excluding carboxylic acids is 1. The first kappa shape index (κ1) is 21.2. The summed E-state index contributed by atoms with van der Waals surface area (Å²) in [5.41, 5.74) is 10.2. The van der Waals surface area contributed by atoms with Gasteiger partial charge in [0, 0.05) is 34.1 Å². The standard InChI is InChI=1S/C24H26ClN7O2/c1-14-7-16(25)8-19(34-6-5-32-4-2-3-27-32)20(14)21-17-12-31(13-18(17)28-22(26)29-21)23(33)30-24-9-15(10-24)11-24/h2-4,7-8,15H,5-6,9-13H2,1H3,(H,30,33)(H2,26,28,29). The van der Waals surface area contributed by atoms with Gasteiger partial charge in [-0.3, -0.25) is 4.68 Å². The summed E-state index contributed by atoms with van der Waals surface area (Å²) in [6.45, 7) is 3.80. The number of nitrogen functional groups attached to an aromatic ring is 1. The summed E-state index contributed by atoms with van der Waals surface area (Å²) in [5, 5.41) is 8.03. The highest BCUT2D eigenvalue weighted by Crippen LogP contribution is 2.57. The van der Waals surface area contributed by atoms with Crippen LogP contribution in [0.2, 0.25) is 5.02 Å². The Balaban J connectivity index is 1.29. The van der Waals surface area contributed by atoms with E-state index in [1.807, 2.05) is 25.3 Å². The molecule has 3 heterocycles. The van der Waals surface area contributed by atoms with Crippen LogP contribution in [-0.2, 0) is 19.6 Å². The average molecular weight is 480 g/mol. The maximum absolute atomic E-state index is 13.0. The molecule has 2 amide bonds. The maximum atomic E-state index is 13.0. The number of aromatic nitrogens is 4. The van der Waals surface area contributed by atoms with E-state index in [9.17, 15) is 4.79 Å². The largest absolute Gasteiger partial charge is 0.491 e. The van der Waals surface area contributed by atoms with Crippen LogP contribution in [0.1, 0.15) is 36.1 Å². The smallest absolute Gasteiger partial charge is 0.318 e. The third-order valence-corrected chi connectivity index (χ3v) is 7.35. The molecule has 3 fully saturated rings. The van der Waals surface area contributed by atoms with E-state index in [4.69, 9.17) is 22.1 Å². The number of hydrogen-bond donors (Lipinski definition) is 2. The monoisotopic (exact) mass is 479 g/mol. The van der Waals surface area contributed by atoms with E-state index in [1.165, 1.54) is 0 Å². The summed E-state index contributed by atoms with van der Waals surface area (Å²) < 4.78 is 7.96. The van der Waals surface area contributed by atoms with Crippen LogP contribution in [0.4, 0.5) is 10.7 Å². The fraction of sp³-hybridized carbons (Fsp3) is 0.417. The first-order chi connectivity index (χ1) is 16.4. The number of aryl methyl sites for hydroxylation is 1. The molecular weight excluding hydrogens is 454 g/mol. The number of amides is 2. The number of rotatable bonds is 6. The molecule has 0 spiro atoms. The zero-order valence-corrected chi connectivity index (χ0v) is 19.7. The second-order valence-corrected chi connectivity index (χ2v) is 10.1. The number of anilines is 1. The van der Waals surface area contributed by atoms with E-state index in [-0.39, 0.29) is 17.5 Å². The number of halogens is 1. The molecule has 0 saturated heterocycles. The van der Waals surface area contributed by atoms with Crippen molar-refractivity contribution in [1.29, 1.82) is 0 Å². The van der Waals surface area contributed by atoms with Gasteiger partial charge < -0.3 is 20.7 Å². The molecule has 2 aromatic heterocycles. The second-order valence-electron chi connectivity index (χ2n) is 9.61. The quantitative estimate of drug-likeness (QED) is 0.559. The van der Waals surface area contributed by atoms with Crippen LogP contribution in [0.3, 0.4) is 0 Å². The molecule has 2 bridgehead atoms. The molecule has 4 aliphatic rings. The molecule has 1 aromatic carbocycles. The van der Waals surface area contributed by atoms with Gasteiger partial charge in [-0.2, -0.15) is 5.10 Å². The van der Waals surface area contributed by atoms with Crippen LogP contribution >= 0.6 is 11.6 Å². The first-order valence-corrected chi connectivity index (χ1v) is 11.9. The molecule has 176 valence electrons. The van der Waals surface area contributed by atoms with Gasteiger partial charge in [0.1, 0.15) is 12.4 Å². The minimum absolute atomic E-state index is 0.0203. The molecule has 0 unspecified atom stereocenters. The highest BCUT2D eigenvalue weighted by Gasteiger charge is 2.57. The van der Waals surface area contributed by atoms with Crippen LogP contribution in [0.5, 0.6) is 5.75 Å². The molecule has 3 N–H and O–H groups in total. The fourth-order valence-corrected chi connectivity index (χ4v) is 5.64. The number of fused-ring (bicyclic) bond motifs is 1. The Hall–Kier alpha value is -3.33. The summed E-state index contributed by atoms with van der Waals surface area (Å²) in [4.78, 5) is 23.8. The van der Waals surface area contributed by atoms with Gasteiger partial charge in [-0.1, -0.05) is 11.6 Å². The van der Waals surface area contributed by atoms with Crippen molar-refractivity contribution in [2.75, 3.05) is 12.3 Å². The zero-order chi connectivity index (χ0) is 23.4. The molecule has 3 aromatic rings. The fourth-order valence-electron chi connectivity index (χ4n) is 5.37. The normalized spacial score (nSPS) is 22.1. The topological polar surface area (TPSA) is 111 Å². The van der Waals surface area contributed by atoms with Crippen molar-refractivity contribution >= 4 is 23.6 Å². The first-order valence-electron chi connectivity index (χ1n) is 11.5. The number of nitrogens with two attached hydrogens (primary N) is 1. The Morgan fingerprint density at radius 1 is 1.29 bits per heavy atom. The molecule has 3 aliphatic carbocycles. The van der Waals surface area contributed by atoms with Gasteiger partial charge >= 0.3 is 6.03 Å². The minimum atomic E-state index is -0.0517. The Bertz CT molecular complexity index is 1260. The van der Waals surface area contributed by atoms with Gasteiger partial charge in [-0.15, -0.1) is 0 Å². The average Bonchev–Trinajstić information content (AvgIpc) is 3.38. The Morgan fingerprint density at radius 3 is 2.82 bits per heavy atom. The van der Waals surface area contributed by atoms with E-state index in [2.05, 4.69) is 20.4 Å². The number of ether oxygens (including phenoxy) is 1. The second kappa shape index (κ2) is 7.87. The van der Waals surface area contributed by atoms with Gasteiger partial charge in [0.25, 0.3) is 0 Å². The van der Waals surface area contributed by atoms with Crippen molar-refractivity contribution in [2.45, 2.75) is 51.4 Å². The number of nitrogens with one attached hydrogen (secondary N) is 1. The lowest BCUT2D eigenvalue weighted by atomic mass is 9.50. The number of hydrogen-bond acceptors (Lipinski definition) is 6. The predicted octanol–water partition coefficient (Wildman–Crippen LogP) is 3.54. The van der Waals surface area contributed by atoms with E-state index >= 15 is 0 Å². The van der Waals surface area contributed by atoms with E-state index < -0.39 is 0 Å². The van der Waals surface area contributed by atoms with E-state index in [0.717, 1.165) is 47.6 Å². The third-order valence-electron chi connectivity index (χ3n) is 7.14. The number of urea groups is 1. The van der Waals surface area contributed by atoms with Crippen molar-refractivity contribution in [2.24, 2.45) is 5.92 Å². The highest BCUT2D eigenvalue weighted by atomic mass is 35.5.